The Hall–Kier alpha value is -1.54. The van der Waals surface area contributed by atoms with E-state index in [-0.39, 0.29) is 6.61 Å². The summed E-state index contributed by atoms with van der Waals surface area (Å²) >= 11 is 1.06. The van der Waals surface area contributed by atoms with Gasteiger partial charge in [0.2, 0.25) is 5.88 Å². The van der Waals surface area contributed by atoms with Gasteiger partial charge in [0.25, 0.3) is 0 Å². The molecule has 0 aliphatic carbocycles. The summed E-state index contributed by atoms with van der Waals surface area (Å²) in [5.41, 5.74) is 0.816. The fourth-order valence-electron chi connectivity index (χ4n) is 1.15. The minimum absolute atomic E-state index is 0.157. The van der Waals surface area contributed by atoms with Crippen LogP contribution in [0.15, 0.2) is 12.4 Å². The number of aliphatic hydroxyl groups is 1. The van der Waals surface area contributed by atoms with E-state index in [0.717, 1.165) is 17.4 Å². The SMILES string of the molecule is Cc1cn(CC(O)COc2cnsn2)nn1. The molecule has 1 unspecified atom stereocenters. The number of hydrogen-bond donors (Lipinski definition) is 1. The van der Waals surface area contributed by atoms with Gasteiger partial charge in [0.1, 0.15) is 18.9 Å². The summed E-state index contributed by atoms with van der Waals surface area (Å²) in [6.07, 6.45) is 2.62. The third-order valence-electron chi connectivity index (χ3n) is 1.82. The molecule has 0 aromatic carbocycles. The minimum Gasteiger partial charge on any atom is -0.473 e. The molecule has 0 fully saturated rings. The Labute approximate surface area is 96.0 Å². The van der Waals surface area contributed by atoms with Crippen LogP contribution in [0.1, 0.15) is 5.69 Å². The van der Waals surface area contributed by atoms with Crippen LogP contribution in [0.5, 0.6) is 5.88 Å². The first-order valence-corrected chi connectivity index (χ1v) is 5.42. The highest BCUT2D eigenvalue weighted by Crippen LogP contribution is 2.05. The van der Waals surface area contributed by atoms with Crippen molar-refractivity contribution in [3.63, 3.8) is 0 Å². The van der Waals surface area contributed by atoms with Gasteiger partial charge in [-0.05, 0) is 6.92 Å². The highest BCUT2D eigenvalue weighted by atomic mass is 32.1. The monoisotopic (exact) mass is 241 g/mol. The molecule has 0 aliphatic rings. The fraction of sp³-hybridized carbons (Fsp3) is 0.500. The quantitative estimate of drug-likeness (QED) is 0.785. The summed E-state index contributed by atoms with van der Waals surface area (Å²) in [5.74, 6) is 0.429. The minimum atomic E-state index is -0.650. The van der Waals surface area contributed by atoms with Crippen LogP contribution in [0.25, 0.3) is 0 Å². The number of aromatic nitrogens is 5. The van der Waals surface area contributed by atoms with Crippen molar-refractivity contribution < 1.29 is 9.84 Å². The van der Waals surface area contributed by atoms with E-state index in [2.05, 4.69) is 19.1 Å². The maximum atomic E-state index is 9.65. The van der Waals surface area contributed by atoms with Crippen LogP contribution in [-0.2, 0) is 6.54 Å². The number of hydrogen-bond acceptors (Lipinski definition) is 7. The van der Waals surface area contributed by atoms with Gasteiger partial charge in [-0.2, -0.15) is 4.37 Å². The Morgan fingerprint density at radius 3 is 3.12 bits per heavy atom. The van der Waals surface area contributed by atoms with E-state index < -0.39 is 6.10 Å². The first kappa shape index (κ1) is 11.0. The molecule has 0 radical (unpaired) electrons. The van der Waals surface area contributed by atoms with E-state index in [9.17, 15) is 5.11 Å². The summed E-state index contributed by atoms with van der Waals surface area (Å²) in [5, 5.41) is 17.3. The van der Waals surface area contributed by atoms with Crippen molar-refractivity contribution in [2.24, 2.45) is 0 Å². The third-order valence-corrected chi connectivity index (χ3v) is 2.28. The number of aryl methyl sites for hydroxylation is 1. The van der Waals surface area contributed by atoms with E-state index in [1.807, 2.05) is 6.92 Å². The Morgan fingerprint density at radius 2 is 2.50 bits per heavy atom. The fourth-order valence-corrected chi connectivity index (χ4v) is 1.52. The molecular formula is C8H11N5O2S. The van der Waals surface area contributed by atoms with Gasteiger partial charge in [-0.1, -0.05) is 5.21 Å². The third kappa shape index (κ3) is 2.97. The lowest BCUT2D eigenvalue weighted by atomic mass is 10.4. The maximum absolute atomic E-state index is 9.65. The largest absolute Gasteiger partial charge is 0.473 e. The summed E-state index contributed by atoms with van der Waals surface area (Å²) < 4.78 is 14.4. The molecule has 8 heteroatoms. The van der Waals surface area contributed by atoms with Crippen LogP contribution < -0.4 is 4.74 Å². The molecule has 7 nitrogen and oxygen atoms in total. The lowest BCUT2D eigenvalue weighted by Gasteiger charge is -2.09. The highest BCUT2D eigenvalue weighted by molar-refractivity contribution is 6.99. The van der Waals surface area contributed by atoms with Crippen molar-refractivity contribution in [3.05, 3.63) is 18.1 Å². The molecular weight excluding hydrogens is 230 g/mol. The zero-order valence-electron chi connectivity index (χ0n) is 8.65. The average Bonchev–Trinajstić information content (AvgIpc) is 2.87. The van der Waals surface area contributed by atoms with Gasteiger partial charge in [-0.15, -0.1) is 9.47 Å². The maximum Gasteiger partial charge on any atom is 0.245 e. The summed E-state index contributed by atoms with van der Waals surface area (Å²) in [6, 6.07) is 0. The molecule has 0 aliphatic heterocycles. The molecule has 2 rings (SSSR count). The second kappa shape index (κ2) is 4.99. The van der Waals surface area contributed by atoms with E-state index >= 15 is 0 Å². The molecule has 2 aromatic heterocycles. The molecule has 0 bridgehead atoms. The van der Waals surface area contributed by atoms with Crippen LogP contribution >= 0.6 is 11.7 Å². The Balaban J connectivity index is 1.78. The van der Waals surface area contributed by atoms with Crippen LogP contribution in [0, 0.1) is 6.92 Å². The predicted molar refractivity (Wildman–Crippen MR) is 56.2 cm³/mol. The van der Waals surface area contributed by atoms with Gasteiger partial charge in [-0.25, -0.2) is 4.68 Å². The van der Waals surface area contributed by atoms with Crippen LogP contribution in [0.3, 0.4) is 0 Å². The Morgan fingerprint density at radius 1 is 1.62 bits per heavy atom. The molecule has 0 saturated carbocycles. The highest BCUT2D eigenvalue weighted by Gasteiger charge is 2.08. The summed E-state index contributed by atoms with van der Waals surface area (Å²) in [6.45, 7) is 2.34. The number of ether oxygens (including phenoxy) is 1. The molecule has 2 heterocycles. The van der Waals surface area contributed by atoms with Crippen molar-refractivity contribution in [2.45, 2.75) is 19.6 Å². The molecule has 0 amide bonds. The first-order chi connectivity index (χ1) is 7.74. The topological polar surface area (TPSA) is 86.0 Å². The van der Waals surface area contributed by atoms with Crippen molar-refractivity contribution in [1.82, 2.24) is 23.7 Å². The van der Waals surface area contributed by atoms with Gasteiger partial charge in [0.05, 0.1) is 24.0 Å². The van der Waals surface area contributed by atoms with E-state index in [1.54, 1.807) is 10.9 Å². The van der Waals surface area contributed by atoms with Crippen molar-refractivity contribution in [3.8, 4) is 5.88 Å². The molecule has 0 spiro atoms. The van der Waals surface area contributed by atoms with Crippen LogP contribution in [-0.4, -0.2) is 41.6 Å². The molecule has 1 N–H and O–H groups in total. The predicted octanol–water partition coefficient (Wildman–Crippen LogP) is -0.122. The average molecular weight is 241 g/mol. The lowest BCUT2D eigenvalue weighted by molar-refractivity contribution is 0.0870. The second-order valence-corrected chi connectivity index (χ2v) is 3.85. The van der Waals surface area contributed by atoms with Gasteiger partial charge < -0.3 is 9.84 Å². The van der Waals surface area contributed by atoms with E-state index in [4.69, 9.17) is 4.74 Å². The van der Waals surface area contributed by atoms with Gasteiger partial charge in [0, 0.05) is 6.20 Å². The number of rotatable bonds is 5. The molecule has 2 aromatic rings. The summed E-state index contributed by atoms with van der Waals surface area (Å²) in [7, 11) is 0. The van der Waals surface area contributed by atoms with Gasteiger partial charge >= 0.3 is 0 Å². The molecule has 0 saturated heterocycles. The van der Waals surface area contributed by atoms with E-state index in [0.29, 0.717) is 12.4 Å². The van der Waals surface area contributed by atoms with Crippen molar-refractivity contribution in [2.75, 3.05) is 6.61 Å². The Bertz CT molecular complexity index is 429. The van der Waals surface area contributed by atoms with Crippen LogP contribution in [0.2, 0.25) is 0 Å². The smallest absolute Gasteiger partial charge is 0.245 e. The normalized spacial score (nSPS) is 12.6. The molecule has 1 atom stereocenters. The first-order valence-electron chi connectivity index (χ1n) is 4.69. The molecule has 16 heavy (non-hydrogen) atoms. The molecule has 86 valence electrons. The summed E-state index contributed by atoms with van der Waals surface area (Å²) in [4.78, 5) is 0. The Kier molecular flexibility index (Phi) is 3.42. The number of aliphatic hydroxyl groups excluding tert-OH is 1. The van der Waals surface area contributed by atoms with Crippen molar-refractivity contribution in [1.29, 1.82) is 0 Å². The van der Waals surface area contributed by atoms with Gasteiger partial charge in [-0.3, -0.25) is 0 Å². The standard InChI is InChI=1S/C8H11N5O2S/c1-6-3-13(12-10-6)4-7(14)5-15-8-2-9-16-11-8/h2-3,7,14H,4-5H2,1H3. The van der Waals surface area contributed by atoms with E-state index in [1.165, 1.54) is 6.20 Å². The van der Waals surface area contributed by atoms with Crippen molar-refractivity contribution >= 4 is 11.7 Å². The van der Waals surface area contributed by atoms with Crippen LogP contribution in [0.4, 0.5) is 0 Å². The lowest BCUT2D eigenvalue weighted by Crippen LogP contribution is -2.24. The number of nitrogens with zero attached hydrogens (tertiary/aromatic N) is 5. The van der Waals surface area contributed by atoms with Gasteiger partial charge in [0.15, 0.2) is 0 Å². The second-order valence-electron chi connectivity index (χ2n) is 3.29. The zero-order valence-corrected chi connectivity index (χ0v) is 9.46. The zero-order chi connectivity index (χ0) is 11.4.